The van der Waals surface area contributed by atoms with Crippen LogP contribution in [-0.4, -0.2) is 19.0 Å². The van der Waals surface area contributed by atoms with Crippen molar-refractivity contribution >= 4 is 17.6 Å². The summed E-state index contributed by atoms with van der Waals surface area (Å²) in [6.45, 7) is 7.01. The molecule has 0 spiro atoms. The minimum Gasteiger partial charge on any atom is -0.370 e. The number of nitrogens with zero attached hydrogens (tertiary/aromatic N) is 1. The van der Waals surface area contributed by atoms with Gasteiger partial charge in [-0.15, -0.1) is 0 Å². The highest BCUT2D eigenvalue weighted by Gasteiger charge is 1.95. The largest absolute Gasteiger partial charge is 0.370 e. The van der Waals surface area contributed by atoms with E-state index in [-0.39, 0.29) is 0 Å². The molecule has 1 rings (SSSR count). The minimum absolute atomic E-state index is 0.460. The fourth-order valence-electron chi connectivity index (χ4n) is 1.26. The van der Waals surface area contributed by atoms with Gasteiger partial charge in [-0.05, 0) is 31.0 Å². The molecule has 0 saturated carbocycles. The van der Waals surface area contributed by atoms with Crippen molar-refractivity contribution in [2.24, 2.45) is 10.7 Å². The number of nitrogens with two attached hydrogens (primary N) is 1. The quantitative estimate of drug-likeness (QED) is 0.480. The van der Waals surface area contributed by atoms with E-state index >= 15 is 0 Å². The van der Waals surface area contributed by atoms with Gasteiger partial charge < -0.3 is 11.1 Å². The molecular weight excluding hydrogens is 234 g/mol. The van der Waals surface area contributed by atoms with Crippen LogP contribution in [0.1, 0.15) is 12.5 Å². The molecule has 3 nitrogen and oxygen atoms in total. The van der Waals surface area contributed by atoms with Gasteiger partial charge in [0.25, 0.3) is 0 Å². The zero-order valence-electron chi connectivity index (χ0n) is 10.0. The summed E-state index contributed by atoms with van der Waals surface area (Å²) in [5.41, 5.74) is 7.90. The molecule has 0 atom stereocenters. The van der Waals surface area contributed by atoms with Crippen molar-refractivity contribution < 1.29 is 0 Å². The number of guanidine groups is 1. The van der Waals surface area contributed by atoms with E-state index in [0.29, 0.717) is 12.5 Å². The van der Waals surface area contributed by atoms with Gasteiger partial charge in [0.1, 0.15) is 0 Å². The molecule has 0 aromatic heterocycles. The van der Waals surface area contributed by atoms with Crippen molar-refractivity contribution in [3.63, 3.8) is 0 Å². The van der Waals surface area contributed by atoms with Crippen molar-refractivity contribution in [3.05, 3.63) is 47.0 Å². The number of halogens is 1. The van der Waals surface area contributed by atoms with Gasteiger partial charge in [0.2, 0.25) is 0 Å². The first-order valence-electron chi connectivity index (χ1n) is 5.50. The Hall–Kier alpha value is -1.48. The SMILES string of the molecule is C=C(C)CN=C(N)NCCc1ccc(Cl)cc1. The van der Waals surface area contributed by atoms with Crippen LogP contribution in [-0.2, 0) is 6.42 Å². The molecule has 0 bridgehead atoms. The first-order valence-corrected chi connectivity index (χ1v) is 5.88. The Morgan fingerprint density at radius 3 is 2.65 bits per heavy atom. The smallest absolute Gasteiger partial charge is 0.188 e. The van der Waals surface area contributed by atoms with Crippen molar-refractivity contribution in [2.75, 3.05) is 13.1 Å². The highest BCUT2D eigenvalue weighted by molar-refractivity contribution is 6.30. The molecule has 17 heavy (non-hydrogen) atoms. The average molecular weight is 252 g/mol. The lowest BCUT2D eigenvalue weighted by atomic mass is 10.1. The van der Waals surface area contributed by atoms with Crippen LogP contribution in [0.15, 0.2) is 41.4 Å². The maximum absolute atomic E-state index is 5.80. The van der Waals surface area contributed by atoms with E-state index in [2.05, 4.69) is 16.9 Å². The third-order valence-corrected chi connectivity index (χ3v) is 2.40. The van der Waals surface area contributed by atoms with E-state index in [9.17, 15) is 0 Å². The molecule has 1 aromatic carbocycles. The predicted octanol–water partition coefficient (Wildman–Crippen LogP) is 2.36. The maximum atomic E-state index is 5.80. The Morgan fingerprint density at radius 2 is 2.06 bits per heavy atom. The lowest BCUT2D eigenvalue weighted by Crippen LogP contribution is -2.33. The summed E-state index contributed by atoms with van der Waals surface area (Å²) in [5, 5.41) is 3.81. The molecule has 0 fully saturated rings. The van der Waals surface area contributed by atoms with Gasteiger partial charge in [-0.2, -0.15) is 0 Å². The fourth-order valence-corrected chi connectivity index (χ4v) is 1.39. The van der Waals surface area contributed by atoms with Gasteiger partial charge in [0, 0.05) is 11.6 Å². The van der Waals surface area contributed by atoms with Gasteiger partial charge >= 0.3 is 0 Å². The second kappa shape index (κ2) is 6.97. The molecule has 0 heterocycles. The van der Waals surface area contributed by atoms with E-state index in [1.165, 1.54) is 5.56 Å². The van der Waals surface area contributed by atoms with Crippen molar-refractivity contribution in [2.45, 2.75) is 13.3 Å². The van der Waals surface area contributed by atoms with Crippen molar-refractivity contribution in [1.29, 1.82) is 0 Å². The van der Waals surface area contributed by atoms with E-state index in [1.54, 1.807) is 0 Å². The van der Waals surface area contributed by atoms with Gasteiger partial charge in [-0.3, -0.25) is 0 Å². The van der Waals surface area contributed by atoms with E-state index in [1.807, 2.05) is 31.2 Å². The lowest BCUT2D eigenvalue weighted by Gasteiger charge is -2.05. The molecule has 92 valence electrons. The monoisotopic (exact) mass is 251 g/mol. The average Bonchev–Trinajstić information content (AvgIpc) is 2.29. The van der Waals surface area contributed by atoms with Crippen LogP contribution in [0.3, 0.4) is 0 Å². The second-order valence-corrected chi connectivity index (χ2v) is 4.40. The summed E-state index contributed by atoms with van der Waals surface area (Å²) >= 11 is 5.80. The summed E-state index contributed by atoms with van der Waals surface area (Å²) < 4.78 is 0. The van der Waals surface area contributed by atoms with Gasteiger partial charge in [-0.1, -0.05) is 35.9 Å². The van der Waals surface area contributed by atoms with Crippen LogP contribution >= 0.6 is 11.6 Å². The highest BCUT2D eigenvalue weighted by Crippen LogP contribution is 2.09. The van der Waals surface area contributed by atoms with Crippen LogP contribution in [0.5, 0.6) is 0 Å². The zero-order chi connectivity index (χ0) is 12.7. The number of hydrogen-bond donors (Lipinski definition) is 2. The summed E-state index contributed by atoms with van der Waals surface area (Å²) in [5.74, 6) is 0.460. The number of nitrogens with one attached hydrogen (secondary N) is 1. The number of aliphatic imine (C=N–C) groups is 1. The molecule has 0 saturated heterocycles. The number of hydrogen-bond acceptors (Lipinski definition) is 1. The minimum atomic E-state index is 0.460. The van der Waals surface area contributed by atoms with Crippen LogP contribution in [0, 0.1) is 0 Å². The predicted molar refractivity (Wildman–Crippen MR) is 74.5 cm³/mol. The normalized spacial score (nSPS) is 11.3. The molecule has 0 amide bonds. The second-order valence-electron chi connectivity index (χ2n) is 3.96. The molecule has 0 aliphatic heterocycles. The topological polar surface area (TPSA) is 50.4 Å². The molecular formula is C13H18ClN3. The van der Waals surface area contributed by atoms with Crippen LogP contribution in [0.4, 0.5) is 0 Å². The Balaban J connectivity index is 2.30. The molecule has 3 N–H and O–H groups in total. The molecule has 4 heteroatoms. The fraction of sp³-hybridized carbons (Fsp3) is 0.308. The van der Waals surface area contributed by atoms with Gasteiger partial charge in [0.15, 0.2) is 5.96 Å². The highest BCUT2D eigenvalue weighted by atomic mass is 35.5. The van der Waals surface area contributed by atoms with Gasteiger partial charge in [-0.25, -0.2) is 4.99 Å². The Morgan fingerprint density at radius 1 is 1.41 bits per heavy atom. The molecule has 1 aromatic rings. The van der Waals surface area contributed by atoms with E-state index in [0.717, 1.165) is 23.6 Å². The van der Waals surface area contributed by atoms with Crippen LogP contribution in [0.25, 0.3) is 0 Å². The first kappa shape index (κ1) is 13.6. The summed E-state index contributed by atoms with van der Waals surface area (Å²) in [4.78, 5) is 4.13. The van der Waals surface area contributed by atoms with E-state index < -0.39 is 0 Å². The standard InChI is InChI=1S/C13H18ClN3/c1-10(2)9-17-13(15)16-8-7-11-3-5-12(14)6-4-11/h3-6H,1,7-9H2,2H3,(H3,15,16,17). The summed E-state index contributed by atoms with van der Waals surface area (Å²) in [6.07, 6.45) is 0.889. The Kier molecular flexibility index (Phi) is 5.57. The first-order chi connectivity index (χ1) is 8.08. The zero-order valence-corrected chi connectivity index (χ0v) is 10.8. The molecule has 0 aliphatic carbocycles. The number of rotatable bonds is 5. The summed E-state index contributed by atoms with van der Waals surface area (Å²) in [7, 11) is 0. The Bertz CT molecular complexity index is 396. The van der Waals surface area contributed by atoms with Crippen LogP contribution in [0.2, 0.25) is 5.02 Å². The maximum Gasteiger partial charge on any atom is 0.188 e. The number of benzene rings is 1. The van der Waals surface area contributed by atoms with Crippen LogP contribution < -0.4 is 11.1 Å². The van der Waals surface area contributed by atoms with Gasteiger partial charge in [0.05, 0.1) is 6.54 Å². The molecule has 0 unspecified atom stereocenters. The Labute approximate surface area is 107 Å². The molecule has 0 aliphatic rings. The molecule has 0 radical (unpaired) electrons. The van der Waals surface area contributed by atoms with E-state index in [4.69, 9.17) is 17.3 Å². The van der Waals surface area contributed by atoms with Crippen molar-refractivity contribution in [1.82, 2.24) is 5.32 Å². The third kappa shape index (κ3) is 5.97. The summed E-state index contributed by atoms with van der Waals surface area (Å²) in [6, 6.07) is 7.78. The third-order valence-electron chi connectivity index (χ3n) is 2.15. The van der Waals surface area contributed by atoms with Crippen molar-refractivity contribution in [3.8, 4) is 0 Å². The lowest BCUT2D eigenvalue weighted by molar-refractivity contribution is 0.852.